The number of benzene rings is 1. The largest absolute Gasteiger partial charge is 0.323 e. The van der Waals surface area contributed by atoms with Gasteiger partial charge in [-0.3, -0.25) is 4.79 Å². The van der Waals surface area contributed by atoms with Gasteiger partial charge in [0.25, 0.3) is 0 Å². The molecule has 1 amide bonds. The predicted molar refractivity (Wildman–Crippen MR) is 79.7 cm³/mol. The SMILES string of the molecule is CCC(N)(CC)C(=O)Nc1ccccc1-n1ccnc1. The van der Waals surface area contributed by atoms with E-state index in [1.165, 1.54) is 0 Å². The van der Waals surface area contributed by atoms with Crippen molar-refractivity contribution in [2.75, 3.05) is 5.32 Å². The minimum absolute atomic E-state index is 0.157. The molecule has 0 radical (unpaired) electrons. The van der Waals surface area contributed by atoms with Gasteiger partial charge in [0.1, 0.15) is 0 Å². The average Bonchev–Trinajstić information content (AvgIpc) is 3.01. The third-order valence-electron chi connectivity index (χ3n) is 3.65. The molecule has 2 aromatic rings. The summed E-state index contributed by atoms with van der Waals surface area (Å²) < 4.78 is 1.85. The summed E-state index contributed by atoms with van der Waals surface area (Å²) in [5, 5.41) is 2.93. The summed E-state index contributed by atoms with van der Waals surface area (Å²) >= 11 is 0. The molecule has 0 saturated heterocycles. The monoisotopic (exact) mass is 272 g/mol. The minimum atomic E-state index is -0.831. The van der Waals surface area contributed by atoms with Gasteiger partial charge < -0.3 is 15.6 Å². The number of carbonyl (C=O) groups excluding carboxylic acids is 1. The first kappa shape index (κ1) is 14.3. The number of carbonyl (C=O) groups is 1. The Kier molecular flexibility index (Phi) is 4.20. The Hall–Kier alpha value is -2.14. The fourth-order valence-corrected chi connectivity index (χ4v) is 2.02. The summed E-state index contributed by atoms with van der Waals surface area (Å²) in [6, 6.07) is 7.58. The van der Waals surface area contributed by atoms with Crippen molar-refractivity contribution < 1.29 is 4.79 Å². The Labute approximate surface area is 118 Å². The Morgan fingerprint density at radius 2 is 2.05 bits per heavy atom. The van der Waals surface area contributed by atoms with Crippen LogP contribution in [-0.4, -0.2) is 21.0 Å². The molecule has 0 saturated carbocycles. The number of nitrogens with one attached hydrogen (secondary N) is 1. The van der Waals surface area contributed by atoms with Crippen LogP contribution >= 0.6 is 0 Å². The second kappa shape index (κ2) is 5.88. The lowest BCUT2D eigenvalue weighted by Crippen LogP contribution is -2.50. The number of amides is 1. The van der Waals surface area contributed by atoms with Crippen LogP contribution in [0.5, 0.6) is 0 Å². The van der Waals surface area contributed by atoms with E-state index < -0.39 is 5.54 Å². The lowest BCUT2D eigenvalue weighted by atomic mass is 9.93. The van der Waals surface area contributed by atoms with E-state index in [1.54, 1.807) is 12.5 Å². The van der Waals surface area contributed by atoms with Gasteiger partial charge in [0.2, 0.25) is 5.91 Å². The summed E-state index contributed by atoms with van der Waals surface area (Å²) in [5.41, 5.74) is 6.89. The number of nitrogens with two attached hydrogens (primary N) is 1. The van der Waals surface area contributed by atoms with Gasteiger partial charge in [-0.05, 0) is 25.0 Å². The van der Waals surface area contributed by atoms with Gasteiger partial charge in [-0.15, -0.1) is 0 Å². The molecule has 106 valence electrons. The normalized spacial score (nSPS) is 11.3. The van der Waals surface area contributed by atoms with Crippen molar-refractivity contribution >= 4 is 11.6 Å². The maximum Gasteiger partial charge on any atom is 0.244 e. The zero-order valence-electron chi connectivity index (χ0n) is 11.8. The molecule has 5 nitrogen and oxygen atoms in total. The molecule has 1 heterocycles. The van der Waals surface area contributed by atoms with Crippen LogP contribution in [0, 0.1) is 0 Å². The van der Waals surface area contributed by atoms with E-state index in [2.05, 4.69) is 10.3 Å². The number of hydrogen-bond donors (Lipinski definition) is 2. The molecule has 0 aliphatic carbocycles. The first-order valence-electron chi connectivity index (χ1n) is 6.78. The fraction of sp³-hybridized carbons (Fsp3) is 0.333. The lowest BCUT2D eigenvalue weighted by Gasteiger charge is -2.25. The average molecular weight is 272 g/mol. The number of aromatic nitrogens is 2. The van der Waals surface area contributed by atoms with Gasteiger partial charge in [0.05, 0.1) is 23.2 Å². The second-order valence-electron chi connectivity index (χ2n) is 4.80. The molecule has 0 unspecified atom stereocenters. The van der Waals surface area contributed by atoms with Crippen molar-refractivity contribution in [1.29, 1.82) is 0 Å². The molecule has 0 bridgehead atoms. The highest BCUT2D eigenvalue weighted by molar-refractivity contribution is 5.99. The Morgan fingerprint density at radius 1 is 1.35 bits per heavy atom. The molecular weight excluding hydrogens is 252 g/mol. The number of nitrogens with zero attached hydrogens (tertiary/aromatic N) is 2. The number of hydrogen-bond acceptors (Lipinski definition) is 3. The van der Waals surface area contributed by atoms with Crippen molar-refractivity contribution in [3.63, 3.8) is 0 Å². The van der Waals surface area contributed by atoms with E-state index in [9.17, 15) is 4.79 Å². The van der Waals surface area contributed by atoms with Crippen LogP contribution < -0.4 is 11.1 Å². The molecule has 20 heavy (non-hydrogen) atoms. The van der Waals surface area contributed by atoms with Crippen molar-refractivity contribution in [2.45, 2.75) is 32.2 Å². The highest BCUT2D eigenvalue weighted by Crippen LogP contribution is 2.22. The molecule has 1 aromatic heterocycles. The van der Waals surface area contributed by atoms with E-state index in [4.69, 9.17) is 5.73 Å². The smallest absolute Gasteiger partial charge is 0.244 e. The summed E-state index contributed by atoms with van der Waals surface area (Å²) in [5.74, 6) is -0.157. The van der Waals surface area contributed by atoms with Crippen LogP contribution in [0.1, 0.15) is 26.7 Å². The molecule has 0 aliphatic rings. The summed E-state index contributed by atoms with van der Waals surface area (Å²) in [6.45, 7) is 3.84. The van der Waals surface area contributed by atoms with E-state index in [-0.39, 0.29) is 5.91 Å². The second-order valence-corrected chi connectivity index (χ2v) is 4.80. The zero-order valence-corrected chi connectivity index (χ0v) is 11.8. The van der Waals surface area contributed by atoms with Gasteiger partial charge in [0.15, 0.2) is 0 Å². The van der Waals surface area contributed by atoms with Gasteiger partial charge in [-0.2, -0.15) is 0 Å². The molecule has 0 aliphatic heterocycles. The molecule has 0 spiro atoms. The van der Waals surface area contributed by atoms with Gasteiger partial charge in [-0.1, -0.05) is 26.0 Å². The maximum absolute atomic E-state index is 12.4. The fourth-order valence-electron chi connectivity index (χ4n) is 2.02. The Balaban J connectivity index is 2.29. The van der Waals surface area contributed by atoms with Crippen molar-refractivity contribution in [2.24, 2.45) is 5.73 Å². The molecule has 0 atom stereocenters. The summed E-state index contributed by atoms with van der Waals surface area (Å²) in [7, 11) is 0. The first-order chi connectivity index (χ1) is 9.60. The van der Waals surface area contributed by atoms with Crippen LogP contribution in [0.3, 0.4) is 0 Å². The summed E-state index contributed by atoms with van der Waals surface area (Å²) in [4.78, 5) is 16.4. The standard InChI is InChI=1S/C15H20N4O/c1-3-15(16,4-2)14(20)18-12-7-5-6-8-13(12)19-10-9-17-11-19/h5-11H,3-4,16H2,1-2H3,(H,18,20). The van der Waals surface area contributed by atoms with E-state index >= 15 is 0 Å². The minimum Gasteiger partial charge on any atom is -0.323 e. The van der Waals surface area contributed by atoms with E-state index in [1.807, 2.05) is 48.9 Å². The number of para-hydroxylation sites is 2. The maximum atomic E-state index is 12.4. The zero-order chi connectivity index (χ0) is 14.6. The van der Waals surface area contributed by atoms with Gasteiger partial charge in [0, 0.05) is 12.4 Å². The summed E-state index contributed by atoms with van der Waals surface area (Å²) in [6.07, 6.45) is 6.43. The van der Waals surface area contributed by atoms with Crippen molar-refractivity contribution in [3.05, 3.63) is 43.0 Å². The molecular formula is C15H20N4O. The first-order valence-corrected chi connectivity index (χ1v) is 6.78. The van der Waals surface area contributed by atoms with Crippen LogP contribution in [0.2, 0.25) is 0 Å². The Morgan fingerprint density at radius 3 is 2.65 bits per heavy atom. The molecule has 1 aromatic carbocycles. The van der Waals surface area contributed by atoms with Crippen LogP contribution in [-0.2, 0) is 4.79 Å². The molecule has 2 rings (SSSR count). The number of rotatable bonds is 5. The highest BCUT2D eigenvalue weighted by Gasteiger charge is 2.30. The van der Waals surface area contributed by atoms with Crippen LogP contribution in [0.15, 0.2) is 43.0 Å². The van der Waals surface area contributed by atoms with Crippen LogP contribution in [0.25, 0.3) is 5.69 Å². The third kappa shape index (κ3) is 2.72. The topological polar surface area (TPSA) is 72.9 Å². The number of anilines is 1. The highest BCUT2D eigenvalue weighted by atomic mass is 16.2. The third-order valence-corrected chi connectivity index (χ3v) is 3.65. The van der Waals surface area contributed by atoms with Gasteiger partial charge in [-0.25, -0.2) is 4.98 Å². The van der Waals surface area contributed by atoms with Gasteiger partial charge >= 0.3 is 0 Å². The lowest BCUT2D eigenvalue weighted by molar-refractivity contribution is -0.121. The van der Waals surface area contributed by atoms with Crippen molar-refractivity contribution in [3.8, 4) is 5.69 Å². The molecule has 0 fully saturated rings. The quantitative estimate of drug-likeness (QED) is 0.877. The van der Waals surface area contributed by atoms with E-state index in [0.717, 1.165) is 11.4 Å². The molecule has 5 heteroatoms. The molecule has 3 N–H and O–H groups in total. The Bertz CT molecular complexity index is 573. The predicted octanol–water partition coefficient (Wildman–Crippen LogP) is 2.33. The van der Waals surface area contributed by atoms with E-state index in [0.29, 0.717) is 12.8 Å². The number of imidazole rings is 1. The van der Waals surface area contributed by atoms with Crippen molar-refractivity contribution in [1.82, 2.24) is 9.55 Å². The van der Waals surface area contributed by atoms with Crippen LogP contribution in [0.4, 0.5) is 5.69 Å².